The Labute approximate surface area is 225 Å². The summed E-state index contributed by atoms with van der Waals surface area (Å²) < 4.78 is 2.27. The topological polar surface area (TPSA) is 82.4 Å². The van der Waals surface area contributed by atoms with Gasteiger partial charge in [0.1, 0.15) is 12.2 Å². The summed E-state index contributed by atoms with van der Waals surface area (Å²) in [6.07, 6.45) is 8.08. The van der Waals surface area contributed by atoms with Crippen LogP contribution in [-0.4, -0.2) is 81.0 Å². The average Bonchev–Trinajstić information content (AvgIpc) is 3.15. The van der Waals surface area contributed by atoms with Crippen molar-refractivity contribution in [3.63, 3.8) is 0 Å². The minimum Gasteiger partial charge on any atom is -0.354 e. The second kappa shape index (κ2) is 11.4. The van der Waals surface area contributed by atoms with Crippen molar-refractivity contribution in [1.29, 1.82) is 0 Å². The van der Waals surface area contributed by atoms with Crippen LogP contribution in [-0.2, 0) is 24.3 Å². The number of piperidine rings is 1. The molecule has 3 aromatic rings. The van der Waals surface area contributed by atoms with Crippen LogP contribution in [0.3, 0.4) is 0 Å². The summed E-state index contributed by atoms with van der Waals surface area (Å²) >= 11 is 0. The summed E-state index contributed by atoms with van der Waals surface area (Å²) in [7, 11) is 0. The van der Waals surface area contributed by atoms with Crippen LogP contribution in [0.1, 0.15) is 50.4 Å². The zero-order valence-electron chi connectivity index (χ0n) is 22.6. The molecule has 202 valence electrons. The molecule has 0 aliphatic carbocycles. The van der Waals surface area contributed by atoms with E-state index in [0.29, 0.717) is 6.54 Å². The molecule has 1 N–H and O–H groups in total. The Kier molecular flexibility index (Phi) is 7.56. The lowest BCUT2D eigenvalue weighted by atomic mass is 9.97. The number of nitrogens with zero attached hydrogens (tertiary/aromatic N) is 7. The number of carbonyl (C=O) groups is 1. The number of hydrogen-bond acceptors (Lipinski definition) is 7. The number of nitrogens with one attached hydrogen (secondary N) is 1. The molecule has 9 heteroatoms. The van der Waals surface area contributed by atoms with Crippen molar-refractivity contribution in [2.24, 2.45) is 5.92 Å². The smallest absolute Gasteiger partial charge is 0.229 e. The summed E-state index contributed by atoms with van der Waals surface area (Å²) in [5.74, 6) is 2.00. The quantitative estimate of drug-likeness (QED) is 0.537. The van der Waals surface area contributed by atoms with Crippen LogP contribution < -0.4 is 10.2 Å². The molecule has 0 radical (unpaired) electrons. The Morgan fingerprint density at radius 2 is 1.76 bits per heavy atom. The number of aryl methyl sites for hydroxylation is 2. The third-order valence-electron chi connectivity index (χ3n) is 8.51. The van der Waals surface area contributed by atoms with Crippen LogP contribution in [0.5, 0.6) is 0 Å². The number of imidazole rings is 1. The van der Waals surface area contributed by atoms with Gasteiger partial charge in [0.05, 0.1) is 5.92 Å². The number of anilines is 2. The normalized spacial score (nSPS) is 21.3. The predicted molar refractivity (Wildman–Crippen MR) is 150 cm³/mol. The van der Waals surface area contributed by atoms with Gasteiger partial charge in [-0.15, -0.1) is 0 Å². The van der Waals surface area contributed by atoms with E-state index in [4.69, 9.17) is 4.98 Å². The largest absolute Gasteiger partial charge is 0.354 e. The first-order valence-corrected chi connectivity index (χ1v) is 14.5. The van der Waals surface area contributed by atoms with Gasteiger partial charge in [0.2, 0.25) is 5.91 Å². The number of rotatable bonds is 6. The maximum atomic E-state index is 13.3. The van der Waals surface area contributed by atoms with Gasteiger partial charge in [-0.25, -0.2) is 15.0 Å². The Morgan fingerprint density at radius 1 is 0.947 bits per heavy atom. The summed E-state index contributed by atoms with van der Waals surface area (Å²) in [6.45, 7) is 11.4. The molecule has 0 spiro atoms. The molecule has 6 rings (SSSR count). The highest BCUT2D eigenvalue weighted by atomic mass is 16.1. The van der Waals surface area contributed by atoms with E-state index < -0.39 is 0 Å². The fourth-order valence-electron chi connectivity index (χ4n) is 6.20. The maximum Gasteiger partial charge on any atom is 0.229 e. The lowest BCUT2D eigenvalue weighted by Crippen LogP contribution is -2.45. The standard InChI is InChI=1S/C29H40N8O/c1-2-34-15-17-35(18-16-34)19-22-9-11-24(12-10-22)32-29(38)23-7-6-13-36(20-23)27-26-28(31-21-30-27)37-14-5-3-4-8-25(37)33-26/h9-12,21,23H,2-8,13-20H2,1H3,(H,32,38). The summed E-state index contributed by atoms with van der Waals surface area (Å²) in [6, 6.07) is 8.38. The van der Waals surface area contributed by atoms with Crippen LogP contribution in [0.2, 0.25) is 0 Å². The monoisotopic (exact) mass is 516 g/mol. The summed E-state index contributed by atoms with van der Waals surface area (Å²) in [5.41, 5.74) is 3.99. The van der Waals surface area contributed by atoms with Crippen molar-refractivity contribution in [3.8, 4) is 0 Å². The third-order valence-corrected chi connectivity index (χ3v) is 8.51. The predicted octanol–water partition coefficient (Wildman–Crippen LogP) is 3.55. The molecule has 2 saturated heterocycles. The Balaban J connectivity index is 1.08. The lowest BCUT2D eigenvalue weighted by Gasteiger charge is -2.34. The fourth-order valence-corrected chi connectivity index (χ4v) is 6.20. The first kappa shape index (κ1) is 25.2. The number of amides is 1. The highest BCUT2D eigenvalue weighted by molar-refractivity contribution is 5.93. The molecule has 5 heterocycles. The summed E-state index contributed by atoms with van der Waals surface area (Å²) in [5, 5.41) is 3.17. The second-order valence-electron chi connectivity index (χ2n) is 11.0. The number of aromatic nitrogens is 4. The molecule has 0 bridgehead atoms. The summed E-state index contributed by atoms with van der Waals surface area (Å²) in [4.78, 5) is 34.7. The van der Waals surface area contributed by atoms with Crippen LogP contribution in [0.4, 0.5) is 11.5 Å². The molecular formula is C29H40N8O. The molecule has 1 amide bonds. The van der Waals surface area contributed by atoms with Crippen LogP contribution in [0.15, 0.2) is 30.6 Å². The SMILES string of the molecule is CCN1CCN(Cc2ccc(NC(=O)C3CCCN(c4ncnc5c4nc4n5CCCCC4)C3)cc2)CC1. The van der Waals surface area contributed by atoms with Crippen molar-refractivity contribution in [2.45, 2.75) is 58.5 Å². The van der Waals surface area contributed by atoms with Crippen molar-refractivity contribution in [3.05, 3.63) is 42.0 Å². The molecule has 1 atom stereocenters. The first-order chi connectivity index (χ1) is 18.7. The molecule has 2 aromatic heterocycles. The number of hydrogen-bond donors (Lipinski definition) is 1. The number of carbonyl (C=O) groups excluding carboxylic acids is 1. The molecule has 3 aliphatic rings. The number of likely N-dealkylation sites (N-methyl/N-ethyl adjacent to an activating group) is 1. The Hall–Kier alpha value is -3.04. The van der Waals surface area contributed by atoms with Gasteiger partial charge in [-0.2, -0.15) is 0 Å². The average molecular weight is 517 g/mol. The van der Waals surface area contributed by atoms with Gasteiger partial charge in [0.15, 0.2) is 17.0 Å². The molecule has 1 aromatic carbocycles. The van der Waals surface area contributed by atoms with E-state index >= 15 is 0 Å². The molecule has 3 aliphatic heterocycles. The van der Waals surface area contributed by atoms with E-state index in [1.165, 1.54) is 24.8 Å². The molecule has 0 saturated carbocycles. The van der Waals surface area contributed by atoms with Crippen LogP contribution >= 0.6 is 0 Å². The lowest BCUT2D eigenvalue weighted by molar-refractivity contribution is -0.120. The van der Waals surface area contributed by atoms with Gasteiger partial charge in [0, 0.05) is 64.5 Å². The van der Waals surface area contributed by atoms with E-state index in [1.807, 2.05) is 12.1 Å². The van der Waals surface area contributed by atoms with Gasteiger partial charge < -0.3 is 19.7 Å². The second-order valence-corrected chi connectivity index (χ2v) is 11.0. The van der Waals surface area contributed by atoms with E-state index in [0.717, 1.165) is 100 Å². The van der Waals surface area contributed by atoms with E-state index in [1.54, 1.807) is 6.33 Å². The van der Waals surface area contributed by atoms with Crippen molar-refractivity contribution >= 4 is 28.6 Å². The van der Waals surface area contributed by atoms with Gasteiger partial charge in [-0.3, -0.25) is 9.69 Å². The Morgan fingerprint density at radius 3 is 2.58 bits per heavy atom. The first-order valence-electron chi connectivity index (χ1n) is 14.5. The fraction of sp³-hybridized carbons (Fsp3) is 0.586. The minimum absolute atomic E-state index is 0.0799. The van der Waals surface area contributed by atoms with E-state index in [2.05, 4.69) is 53.6 Å². The maximum absolute atomic E-state index is 13.3. The highest BCUT2D eigenvalue weighted by Crippen LogP contribution is 2.30. The highest BCUT2D eigenvalue weighted by Gasteiger charge is 2.29. The third kappa shape index (κ3) is 5.40. The zero-order valence-corrected chi connectivity index (χ0v) is 22.6. The number of benzene rings is 1. The van der Waals surface area contributed by atoms with E-state index in [9.17, 15) is 4.79 Å². The molecule has 2 fully saturated rings. The Bertz CT molecular complexity index is 1250. The van der Waals surface area contributed by atoms with Crippen LogP contribution in [0.25, 0.3) is 11.2 Å². The van der Waals surface area contributed by atoms with Gasteiger partial charge in [-0.05, 0) is 49.9 Å². The molecule has 38 heavy (non-hydrogen) atoms. The van der Waals surface area contributed by atoms with E-state index in [-0.39, 0.29) is 11.8 Å². The molecule has 9 nitrogen and oxygen atoms in total. The van der Waals surface area contributed by atoms with Crippen molar-refractivity contribution in [2.75, 3.05) is 56.0 Å². The molecular weight excluding hydrogens is 476 g/mol. The van der Waals surface area contributed by atoms with Crippen molar-refractivity contribution < 1.29 is 4.79 Å². The van der Waals surface area contributed by atoms with Gasteiger partial charge in [-0.1, -0.05) is 25.5 Å². The zero-order chi connectivity index (χ0) is 25.9. The molecule has 1 unspecified atom stereocenters. The van der Waals surface area contributed by atoms with Gasteiger partial charge in [0.25, 0.3) is 0 Å². The number of fused-ring (bicyclic) bond motifs is 3. The van der Waals surface area contributed by atoms with Gasteiger partial charge >= 0.3 is 0 Å². The van der Waals surface area contributed by atoms with Crippen molar-refractivity contribution in [1.82, 2.24) is 29.3 Å². The number of piperazine rings is 1. The minimum atomic E-state index is -0.0799. The van der Waals surface area contributed by atoms with Crippen LogP contribution in [0, 0.1) is 5.92 Å².